The summed E-state index contributed by atoms with van der Waals surface area (Å²) in [4.78, 5) is 0.372. The van der Waals surface area contributed by atoms with Gasteiger partial charge in [0.2, 0.25) is 10.0 Å². The second-order valence-corrected chi connectivity index (χ2v) is 6.89. The average Bonchev–Trinajstić information content (AvgIpc) is 2.37. The van der Waals surface area contributed by atoms with Crippen LogP contribution in [0.15, 0.2) is 17.0 Å². The summed E-state index contributed by atoms with van der Waals surface area (Å²) in [6.45, 7) is 5.31. The highest BCUT2D eigenvalue weighted by atomic mass is 35.5. The van der Waals surface area contributed by atoms with Gasteiger partial charge in [-0.25, -0.2) is 13.1 Å². The van der Waals surface area contributed by atoms with Crippen LogP contribution in [0, 0.1) is 13.8 Å². The van der Waals surface area contributed by atoms with Crippen LogP contribution in [0.1, 0.15) is 24.0 Å². The summed E-state index contributed by atoms with van der Waals surface area (Å²) in [7, 11) is -1.90. The van der Waals surface area contributed by atoms with Crippen LogP contribution in [-0.4, -0.2) is 34.7 Å². The van der Waals surface area contributed by atoms with Gasteiger partial charge in [0.25, 0.3) is 0 Å². The largest absolute Gasteiger partial charge is 0.497 e. The molecule has 1 aliphatic rings. The van der Waals surface area contributed by atoms with Gasteiger partial charge in [0, 0.05) is 6.04 Å². The topological polar surface area (TPSA) is 67.4 Å². The minimum Gasteiger partial charge on any atom is -0.497 e. The molecule has 2 N–H and O–H groups in total. The van der Waals surface area contributed by atoms with Gasteiger partial charge in [0.05, 0.1) is 12.0 Å². The number of nitrogens with one attached hydrogen (secondary N) is 2. The van der Waals surface area contributed by atoms with Crippen LogP contribution in [-0.2, 0) is 10.0 Å². The van der Waals surface area contributed by atoms with Gasteiger partial charge in [-0.3, -0.25) is 0 Å². The lowest BCUT2D eigenvalue weighted by Gasteiger charge is -2.24. The smallest absolute Gasteiger partial charge is 0.241 e. The fourth-order valence-electron chi connectivity index (χ4n) is 2.67. The summed E-state index contributed by atoms with van der Waals surface area (Å²) in [5, 5.41) is 3.23. The van der Waals surface area contributed by atoms with Crippen molar-refractivity contribution in [2.24, 2.45) is 0 Å². The molecule has 21 heavy (non-hydrogen) atoms. The first-order valence-electron chi connectivity index (χ1n) is 6.82. The molecule has 2 rings (SSSR count). The number of sulfonamides is 1. The molecule has 1 aromatic carbocycles. The molecule has 7 heteroatoms. The lowest BCUT2D eigenvalue weighted by Crippen LogP contribution is -2.42. The zero-order valence-corrected chi connectivity index (χ0v) is 14.2. The second-order valence-electron chi connectivity index (χ2n) is 5.24. The third-order valence-corrected chi connectivity index (χ3v) is 5.42. The second kappa shape index (κ2) is 7.45. The molecule has 0 unspecified atom stereocenters. The summed E-state index contributed by atoms with van der Waals surface area (Å²) < 4.78 is 33.1. The molecule has 1 aromatic rings. The lowest BCUT2D eigenvalue weighted by molar-refractivity contribution is 0.413. The molecular weight excluding hydrogens is 312 g/mol. The summed E-state index contributed by atoms with van der Waals surface area (Å²) in [5.41, 5.74) is 1.42. The van der Waals surface area contributed by atoms with Crippen LogP contribution in [0.3, 0.4) is 0 Å². The molecule has 1 saturated heterocycles. The Bertz CT molecular complexity index is 561. The minimum absolute atomic E-state index is 0. The molecule has 0 radical (unpaired) electrons. The molecule has 1 aliphatic heterocycles. The number of aryl methyl sites for hydroxylation is 2. The molecular formula is C14H23ClN2O3S. The zero-order valence-electron chi connectivity index (χ0n) is 12.6. The van der Waals surface area contributed by atoms with Crippen molar-refractivity contribution in [3.8, 4) is 5.75 Å². The molecule has 1 heterocycles. The third-order valence-electron chi connectivity index (χ3n) is 3.60. The van der Waals surface area contributed by atoms with E-state index >= 15 is 0 Å². The Morgan fingerprint density at radius 2 is 1.71 bits per heavy atom. The molecule has 0 bridgehead atoms. The first kappa shape index (κ1) is 18.2. The minimum atomic E-state index is -3.48. The van der Waals surface area contributed by atoms with E-state index < -0.39 is 10.0 Å². The van der Waals surface area contributed by atoms with Crippen LogP contribution in [0.5, 0.6) is 5.75 Å². The van der Waals surface area contributed by atoms with Gasteiger partial charge in [0.1, 0.15) is 5.75 Å². The molecule has 0 spiro atoms. The SMILES string of the molecule is COc1cc(C)c(S(=O)(=O)NC2CCNCC2)c(C)c1.Cl. The molecule has 0 atom stereocenters. The fraction of sp³-hybridized carbons (Fsp3) is 0.571. The fourth-order valence-corrected chi connectivity index (χ4v) is 4.43. The molecule has 0 amide bonds. The lowest BCUT2D eigenvalue weighted by atomic mass is 10.1. The molecule has 1 fully saturated rings. The van der Waals surface area contributed by atoms with Crippen LogP contribution >= 0.6 is 12.4 Å². The zero-order chi connectivity index (χ0) is 14.8. The van der Waals surface area contributed by atoms with Crippen LogP contribution < -0.4 is 14.8 Å². The van der Waals surface area contributed by atoms with Gasteiger partial charge in [-0.15, -0.1) is 12.4 Å². The Balaban J connectivity index is 0.00000220. The number of ether oxygens (including phenoxy) is 1. The van der Waals surface area contributed by atoms with E-state index in [1.54, 1.807) is 33.1 Å². The molecule has 0 aromatic heterocycles. The summed E-state index contributed by atoms with van der Waals surface area (Å²) in [6.07, 6.45) is 1.65. The van der Waals surface area contributed by atoms with Gasteiger partial charge in [0.15, 0.2) is 0 Å². The van der Waals surface area contributed by atoms with Crippen molar-refractivity contribution in [2.75, 3.05) is 20.2 Å². The summed E-state index contributed by atoms with van der Waals surface area (Å²) in [5.74, 6) is 0.681. The number of hydrogen-bond donors (Lipinski definition) is 2. The van der Waals surface area contributed by atoms with Crippen LogP contribution in [0.2, 0.25) is 0 Å². The van der Waals surface area contributed by atoms with Gasteiger partial charge in [-0.1, -0.05) is 0 Å². The summed E-state index contributed by atoms with van der Waals surface area (Å²) >= 11 is 0. The van der Waals surface area contributed by atoms with E-state index in [0.717, 1.165) is 25.9 Å². The number of rotatable bonds is 4. The molecule has 120 valence electrons. The Morgan fingerprint density at radius 1 is 1.19 bits per heavy atom. The predicted molar refractivity (Wildman–Crippen MR) is 85.9 cm³/mol. The standard InChI is InChI=1S/C14H22N2O3S.ClH/c1-10-8-13(19-3)9-11(2)14(10)20(17,18)16-12-4-6-15-7-5-12;/h8-9,12,15-16H,4-7H2,1-3H3;1H. The van der Waals surface area contributed by atoms with Crippen molar-refractivity contribution in [1.82, 2.24) is 10.0 Å². The van der Waals surface area contributed by atoms with E-state index in [-0.39, 0.29) is 18.4 Å². The average molecular weight is 335 g/mol. The molecule has 0 saturated carbocycles. The van der Waals surface area contributed by atoms with E-state index in [0.29, 0.717) is 21.8 Å². The van der Waals surface area contributed by atoms with E-state index in [1.807, 2.05) is 0 Å². The number of methoxy groups -OCH3 is 1. The highest BCUT2D eigenvalue weighted by Gasteiger charge is 2.25. The Morgan fingerprint density at radius 3 is 2.19 bits per heavy atom. The first-order chi connectivity index (χ1) is 9.44. The maximum atomic E-state index is 12.6. The Kier molecular flexibility index (Phi) is 6.46. The van der Waals surface area contributed by atoms with E-state index in [2.05, 4.69) is 10.0 Å². The number of benzene rings is 1. The number of halogens is 1. The highest BCUT2D eigenvalue weighted by molar-refractivity contribution is 7.89. The van der Waals surface area contributed by atoms with Gasteiger partial charge < -0.3 is 10.1 Å². The van der Waals surface area contributed by atoms with Crippen molar-refractivity contribution >= 4 is 22.4 Å². The van der Waals surface area contributed by atoms with Crippen molar-refractivity contribution in [3.05, 3.63) is 23.3 Å². The van der Waals surface area contributed by atoms with Crippen LogP contribution in [0.4, 0.5) is 0 Å². The monoisotopic (exact) mass is 334 g/mol. The Labute approximate surface area is 132 Å². The van der Waals surface area contributed by atoms with E-state index in [4.69, 9.17) is 4.74 Å². The summed E-state index contributed by atoms with van der Waals surface area (Å²) in [6, 6.07) is 3.52. The number of piperidine rings is 1. The highest BCUT2D eigenvalue weighted by Crippen LogP contribution is 2.26. The predicted octanol–water partition coefficient (Wildman–Crippen LogP) is 1.76. The van der Waals surface area contributed by atoms with Gasteiger partial charge >= 0.3 is 0 Å². The van der Waals surface area contributed by atoms with Crippen LogP contribution in [0.25, 0.3) is 0 Å². The van der Waals surface area contributed by atoms with Crippen molar-refractivity contribution in [1.29, 1.82) is 0 Å². The number of hydrogen-bond acceptors (Lipinski definition) is 4. The van der Waals surface area contributed by atoms with Crippen molar-refractivity contribution < 1.29 is 13.2 Å². The van der Waals surface area contributed by atoms with E-state index in [1.165, 1.54) is 0 Å². The van der Waals surface area contributed by atoms with Crippen molar-refractivity contribution in [3.63, 3.8) is 0 Å². The van der Waals surface area contributed by atoms with Gasteiger partial charge in [-0.2, -0.15) is 0 Å². The quantitative estimate of drug-likeness (QED) is 0.880. The van der Waals surface area contributed by atoms with Crippen molar-refractivity contribution in [2.45, 2.75) is 37.6 Å². The maximum absolute atomic E-state index is 12.6. The maximum Gasteiger partial charge on any atom is 0.241 e. The Hall–Kier alpha value is -0.820. The normalized spacial score (nSPS) is 16.3. The molecule has 0 aliphatic carbocycles. The third kappa shape index (κ3) is 4.32. The first-order valence-corrected chi connectivity index (χ1v) is 8.30. The molecule has 5 nitrogen and oxygen atoms in total. The van der Waals surface area contributed by atoms with Gasteiger partial charge in [-0.05, 0) is 63.0 Å². The van der Waals surface area contributed by atoms with E-state index in [9.17, 15) is 8.42 Å².